The Bertz CT molecular complexity index is 656. The Labute approximate surface area is 134 Å². The Morgan fingerprint density at radius 2 is 1.57 bits per heavy atom. The van der Waals surface area contributed by atoms with E-state index in [2.05, 4.69) is 0 Å². The Balaban J connectivity index is 2.50. The van der Waals surface area contributed by atoms with Crippen LogP contribution in [0.3, 0.4) is 0 Å². The largest absolute Gasteiger partial charge is 0.493 e. The molecule has 0 spiro atoms. The van der Waals surface area contributed by atoms with Gasteiger partial charge in [-0.25, -0.2) is 0 Å². The molecule has 1 N–H and O–H groups in total. The van der Waals surface area contributed by atoms with E-state index in [4.69, 9.17) is 32.7 Å². The summed E-state index contributed by atoms with van der Waals surface area (Å²) in [7, 11) is 3.07. The van der Waals surface area contributed by atoms with Crippen LogP contribution in [0.25, 0.3) is 0 Å². The number of methoxy groups -OCH3 is 2. The zero-order valence-corrected chi connectivity index (χ0v) is 13.5. The molecule has 1 unspecified atom stereocenters. The molecule has 0 aliphatic rings. The van der Waals surface area contributed by atoms with Crippen LogP contribution in [0.5, 0.6) is 11.5 Å². The summed E-state index contributed by atoms with van der Waals surface area (Å²) in [5.41, 5.74) is 2.19. The molecule has 21 heavy (non-hydrogen) atoms. The lowest BCUT2D eigenvalue weighted by atomic mass is 9.97. The van der Waals surface area contributed by atoms with Gasteiger partial charge in [0.2, 0.25) is 0 Å². The molecule has 0 saturated carbocycles. The lowest BCUT2D eigenvalue weighted by Gasteiger charge is -2.18. The zero-order valence-electron chi connectivity index (χ0n) is 12.0. The summed E-state index contributed by atoms with van der Waals surface area (Å²) < 4.78 is 10.4. The minimum atomic E-state index is -0.866. The Morgan fingerprint density at radius 3 is 2.14 bits per heavy atom. The van der Waals surface area contributed by atoms with Crippen LogP contribution in [0.15, 0.2) is 30.3 Å². The first-order chi connectivity index (χ1) is 9.97. The fraction of sp³-hybridized carbons (Fsp3) is 0.250. The number of hydrogen-bond donors (Lipinski definition) is 1. The van der Waals surface area contributed by atoms with Crippen LogP contribution in [-0.4, -0.2) is 19.3 Å². The third-order valence-electron chi connectivity index (χ3n) is 3.32. The van der Waals surface area contributed by atoms with Gasteiger partial charge in [0.15, 0.2) is 11.5 Å². The lowest BCUT2D eigenvalue weighted by molar-refractivity contribution is 0.219. The van der Waals surface area contributed by atoms with Crippen LogP contribution in [0.2, 0.25) is 10.0 Å². The summed E-state index contributed by atoms with van der Waals surface area (Å²) in [5.74, 6) is 1.04. The molecule has 3 nitrogen and oxygen atoms in total. The molecule has 2 rings (SSSR count). The molecule has 1 atom stereocenters. The second-order valence-corrected chi connectivity index (χ2v) is 5.48. The molecule has 0 heterocycles. The van der Waals surface area contributed by atoms with Crippen molar-refractivity contribution in [3.63, 3.8) is 0 Å². The van der Waals surface area contributed by atoms with Crippen molar-refractivity contribution in [1.82, 2.24) is 0 Å². The van der Waals surface area contributed by atoms with Crippen molar-refractivity contribution in [2.24, 2.45) is 0 Å². The number of hydrogen-bond acceptors (Lipinski definition) is 3. The molecule has 0 saturated heterocycles. The fourth-order valence-corrected chi connectivity index (χ4v) is 2.68. The Hall–Kier alpha value is -1.42. The van der Waals surface area contributed by atoms with Gasteiger partial charge in [-0.3, -0.25) is 0 Å². The summed E-state index contributed by atoms with van der Waals surface area (Å²) in [5, 5.41) is 11.6. The van der Waals surface area contributed by atoms with Crippen LogP contribution in [-0.2, 0) is 0 Å². The van der Waals surface area contributed by atoms with E-state index in [9.17, 15) is 5.11 Å². The third kappa shape index (κ3) is 3.26. The molecule has 2 aromatic carbocycles. The van der Waals surface area contributed by atoms with Gasteiger partial charge in [-0.15, -0.1) is 0 Å². The highest BCUT2D eigenvalue weighted by atomic mass is 35.5. The third-order valence-corrected chi connectivity index (χ3v) is 3.89. The molecule has 5 heteroatoms. The molecular formula is C16H16Cl2O3. The molecule has 112 valence electrons. The van der Waals surface area contributed by atoms with Crippen molar-refractivity contribution >= 4 is 23.2 Å². The van der Waals surface area contributed by atoms with Gasteiger partial charge in [0.25, 0.3) is 0 Å². The minimum Gasteiger partial charge on any atom is -0.493 e. The second kappa shape index (κ2) is 6.56. The minimum absolute atomic E-state index is 0.412. The van der Waals surface area contributed by atoms with E-state index in [0.717, 1.165) is 11.1 Å². The van der Waals surface area contributed by atoms with E-state index in [0.29, 0.717) is 27.1 Å². The van der Waals surface area contributed by atoms with Crippen molar-refractivity contribution in [3.05, 3.63) is 57.1 Å². The quantitative estimate of drug-likeness (QED) is 0.904. The van der Waals surface area contributed by atoms with E-state index in [1.807, 2.05) is 6.92 Å². The van der Waals surface area contributed by atoms with Crippen molar-refractivity contribution in [2.75, 3.05) is 14.2 Å². The first-order valence-electron chi connectivity index (χ1n) is 6.33. The highest BCUT2D eigenvalue weighted by Crippen LogP contribution is 2.38. The van der Waals surface area contributed by atoms with E-state index < -0.39 is 6.10 Å². The smallest absolute Gasteiger partial charge is 0.162 e. The summed E-state index contributed by atoms with van der Waals surface area (Å²) in [6, 6.07) is 8.63. The van der Waals surface area contributed by atoms with Crippen molar-refractivity contribution in [2.45, 2.75) is 13.0 Å². The molecule has 0 bridgehead atoms. The molecule has 0 aliphatic carbocycles. The summed E-state index contributed by atoms with van der Waals surface area (Å²) >= 11 is 12.2. The van der Waals surface area contributed by atoms with Gasteiger partial charge in [-0.05, 0) is 36.2 Å². The molecule has 0 fully saturated rings. The SMILES string of the molecule is COc1cc(Cl)c(C(O)c2ccc(Cl)cc2C)cc1OC. The molecule has 0 aliphatic heterocycles. The molecule has 0 amide bonds. The monoisotopic (exact) mass is 326 g/mol. The van der Waals surface area contributed by atoms with Gasteiger partial charge in [-0.2, -0.15) is 0 Å². The summed E-state index contributed by atoms with van der Waals surface area (Å²) in [6.07, 6.45) is -0.866. The maximum Gasteiger partial charge on any atom is 0.162 e. The van der Waals surface area contributed by atoms with Crippen molar-refractivity contribution in [3.8, 4) is 11.5 Å². The van der Waals surface area contributed by atoms with Crippen LogP contribution in [0, 0.1) is 6.92 Å². The second-order valence-electron chi connectivity index (χ2n) is 4.63. The first kappa shape index (κ1) is 16.0. The van der Waals surface area contributed by atoms with Gasteiger partial charge >= 0.3 is 0 Å². The van der Waals surface area contributed by atoms with E-state index in [1.165, 1.54) is 14.2 Å². The van der Waals surface area contributed by atoms with Crippen LogP contribution in [0.1, 0.15) is 22.8 Å². The number of benzene rings is 2. The Kier molecular flexibility index (Phi) is 4.99. The fourth-order valence-electron chi connectivity index (χ4n) is 2.19. The van der Waals surface area contributed by atoms with Crippen molar-refractivity contribution in [1.29, 1.82) is 0 Å². The number of ether oxygens (including phenoxy) is 2. The summed E-state index contributed by atoms with van der Waals surface area (Å²) in [4.78, 5) is 0. The predicted molar refractivity (Wildman–Crippen MR) is 84.8 cm³/mol. The first-order valence-corrected chi connectivity index (χ1v) is 7.09. The molecule has 2 aromatic rings. The highest BCUT2D eigenvalue weighted by Gasteiger charge is 2.19. The van der Waals surface area contributed by atoms with Crippen LogP contribution >= 0.6 is 23.2 Å². The van der Waals surface area contributed by atoms with E-state index in [-0.39, 0.29) is 0 Å². The average Bonchev–Trinajstić information content (AvgIpc) is 2.46. The van der Waals surface area contributed by atoms with Gasteiger partial charge < -0.3 is 14.6 Å². The molecule has 0 aromatic heterocycles. The number of halogens is 2. The normalized spacial score (nSPS) is 12.1. The van der Waals surface area contributed by atoms with E-state index >= 15 is 0 Å². The molecular weight excluding hydrogens is 311 g/mol. The topological polar surface area (TPSA) is 38.7 Å². The molecule has 0 radical (unpaired) electrons. The summed E-state index contributed by atoms with van der Waals surface area (Å²) in [6.45, 7) is 1.89. The van der Waals surface area contributed by atoms with Crippen molar-refractivity contribution < 1.29 is 14.6 Å². The highest BCUT2D eigenvalue weighted by molar-refractivity contribution is 6.31. The number of aryl methyl sites for hydroxylation is 1. The average molecular weight is 327 g/mol. The van der Waals surface area contributed by atoms with Crippen LogP contribution < -0.4 is 9.47 Å². The van der Waals surface area contributed by atoms with Gasteiger partial charge in [0, 0.05) is 16.7 Å². The maximum absolute atomic E-state index is 10.6. The zero-order chi connectivity index (χ0) is 15.6. The van der Waals surface area contributed by atoms with Gasteiger partial charge in [0.1, 0.15) is 6.10 Å². The van der Waals surface area contributed by atoms with Crippen LogP contribution in [0.4, 0.5) is 0 Å². The number of rotatable bonds is 4. The lowest BCUT2D eigenvalue weighted by Crippen LogP contribution is -2.04. The number of aliphatic hydroxyl groups excluding tert-OH is 1. The van der Waals surface area contributed by atoms with Gasteiger partial charge in [-0.1, -0.05) is 29.3 Å². The van der Waals surface area contributed by atoms with Gasteiger partial charge in [0.05, 0.1) is 19.2 Å². The Morgan fingerprint density at radius 1 is 0.952 bits per heavy atom. The maximum atomic E-state index is 10.6. The standard InChI is InChI=1S/C16H16Cl2O3/c1-9-6-10(17)4-5-11(9)16(19)12-7-14(20-2)15(21-3)8-13(12)18/h4-8,16,19H,1-3H3. The predicted octanol–water partition coefficient (Wildman–Crippen LogP) is 4.40. The number of aliphatic hydroxyl groups is 1. The van der Waals surface area contributed by atoms with E-state index in [1.54, 1.807) is 30.3 Å².